The van der Waals surface area contributed by atoms with Gasteiger partial charge in [-0.2, -0.15) is 0 Å². The fourth-order valence-corrected chi connectivity index (χ4v) is 3.62. The molecule has 1 aliphatic carbocycles. The summed E-state index contributed by atoms with van der Waals surface area (Å²) < 4.78 is 2.07. The summed E-state index contributed by atoms with van der Waals surface area (Å²) in [6.07, 6.45) is 2.28. The maximum atomic E-state index is 10.4. The lowest BCUT2D eigenvalue weighted by atomic mass is 9.96. The van der Waals surface area contributed by atoms with Gasteiger partial charge < -0.3 is 19.9 Å². The van der Waals surface area contributed by atoms with Crippen LogP contribution >= 0.6 is 0 Å². The molecule has 7 heteroatoms. The first-order valence-electron chi connectivity index (χ1n) is 7.86. The quantitative estimate of drug-likeness (QED) is 0.738. The molecule has 2 aromatic heterocycles. The van der Waals surface area contributed by atoms with Crippen LogP contribution in [0, 0.1) is 12.8 Å². The first kappa shape index (κ1) is 16.3. The van der Waals surface area contributed by atoms with E-state index in [1.54, 1.807) is 0 Å². The predicted molar refractivity (Wildman–Crippen MR) is 85.9 cm³/mol. The number of nitrogens with zero attached hydrogens (tertiary/aromatic N) is 4. The highest BCUT2D eigenvalue weighted by Gasteiger charge is 2.43. The van der Waals surface area contributed by atoms with Crippen LogP contribution in [0.25, 0.3) is 11.0 Å². The Kier molecular flexibility index (Phi) is 4.37. The van der Waals surface area contributed by atoms with Gasteiger partial charge in [0.05, 0.1) is 35.6 Å². The fraction of sp³-hybridized carbons (Fsp3) is 0.625. The Bertz CT molecular complexity index is 700. The summed E-state index contributed by atoms with van der Waals surface area (Å²) in [5.41, 5.74) is 3.56. The molecule has 4 atom stereocenters. The van der Waals surface area contributed by atoms with E-state index in [9.17, 15) is 15.3 Å². The van der Waals surface area contributed by atoms with Crippen molar-refractivity contribution in [2.24, 2.45) is 5.92 Å². The Balaban J connectivity index is 2.10. The van der Waals surface area contributed by atoms with Crippen molar-refractivity contribution in [1.82, 2.24) is 19.4 Å². The molecule has 3 rings (SSSR count). The zero-order valence-corrected chi connectivity index (χ0v) is 13.7. The second-order valence-electron chi connectivity index (χ2n) is 6.70. The van der Waals surface area contributed by atoms with Gasteiger partial charge in [-0.25, -0.2) is 9.97 Å². The normalized spacial score (nSPS) is 28.1. The number of fused-ring (bicyclic) bond motifs is 1. The van der Waals surface area contributed by atoms with E-state index in [1.165, 1.54) is 6.33 Å². The molecular formula is C16H24N4O3. The maximum absolute atomic E-state index is 10.4. The highest BCUT2D eigenvalue weighted by molar-refractivity contribution is 5.82. The molecule has 0 amide bonds. The van der Waals surface area contributed by atoms with Crippen molar-refractivity contribution in [1.29, 1.82) is 0 Å². The molecule has 0 aromatic carbocycles. The third kappa shape index (κ3) is 2.74. The molecule has 0 spiro atoms. The Morgan fingerprint density at radius 3 is 2.61 bits per heavy atom. The van der Waals surface area contributed by atoms with Gasteiger partial charge in [-0.05, 0) is 27.4 Å². The molecule has 3 N–H and O–H groups in total. The van der Waals surface area contributed by atoms with E-state index in [0.717, 1.165) is 22.3 Å². The van der Waals surface area contributed by atoms with Gasteiger partial charge in [-0.1, -0.05) is 0 Å². The SMILES string of the molecule is Cc1ncnc2c([C@@H]3C[C@H](CO)[C@@H](O)[C@H]3O)cn(CN(C)C)c12. The minimum atomic E-state index is -0.903. The molecule has 0 unspecified atom stereocenters. The fourth-order valence-electron chi connectivity index (χ4n) is 3.62. The van der Waals surface area contributed by atoms with Crippen LogP contribution in [0.4, 0.5) is 0 Å². The molecule has 2 heterocycles. The third-order valence-corrected chi connectivity index (χ3v) is 4.73. The van der Waals surface area contributed by atoms with Crippen molar-refractivity contribution < 1.29 is 15.3 Å². The number of aliphatic hydroxyl groups is 3. The molecule has 23 heavy (non-hydrogen) atoms. The van der Waals surface area contributed by atoms with E-state index in [1.807, 2.05) is 32.1 Å². The van der Waals surface area contributed by atoms with Crippen LogP contribution in [0.15, 0.2) is 12.5 Å². The number of hydrogen-bond acceptors (Lipinski definition) is 6. The minimum Gasteiger partial charge on any atom is -0.396 e. The van der Waals surface area contributed by atoms with Gasteiger partial charge in [0.2, 0.25) is 0 Å². The van der Waals surface area contributed by atoms with Gasteiger partial charge >= 0.3 is 0 Å². The van der Waals surface area contributed by atoms with Gasteiger partial charge in [-0.15, -0.1) is 0 Å². The Hall–Kier alpha value is -1.54. The van der Waals surface area contributed by atoms with Crippen LogP contribution < -0.4 is 0 Å². The Morgan fingerprint density at radius 2 is 2.00 bits per heavy atom. The Morgan fingerprint density at radius 1 is 1.26 bits per heavy atom. The van der Waals surface area contributed by atoms with E-state index in [-0.39, 0.29) is 18.4 Å². The van der Waals surface area contributed by atoms with Crippen LogP contribution in [0.3, 0.4) is 0 Å². The molecule has 7 nitrogen and oxygen atoms in total. The molecular weight excluding hydrogens is 296 g/mol. The standard InChI is InChI=1S/C16H24N4O3/c1-9-14-13(18-7-17-9)12(5-20(14)8-19(2)3)11-4-10(6-21)15(22)16(11)23/h5,7,10-11,15-16,21-23H,4,6,8H2,1-3H3/t10-,11+,15-,16+/m1/s1. The average molecular weight is 320 g/mol. The first-order valence-corrected chi connectivity index (χ1v) is 7.86. The van der Waals surface area contributed by atoms with Crippen molar-refractivity contribution in [2.45, 2.75) is 38.1 Å². The molecule has 0 aliphatic heterocycles. The maximum Gasteiger partial charge on any atom is 0.116 e. The van der Waals surface area contributed by atoms with Crippen molar-refractivity contribution in [2.75, 3.05) is 20.7 Å². The highest BCUT2D eigenvalue weighted by atomic mass is 16.3. The summed E-state index contributed by atoms with van der Waals surface area (Å²) in [6, 6.07) is 0. The summed E-state index contributed by atoms with van der Waals surface area (Å²) in [5.74, 6) is -0.535. The van der Waals surface area contributed by atoms with E-state index < -0.39 is 12.2 Å². The van der Waals surface area contributed by atoms with Crippen molar-refractivity contribution in [3.05, 3.63) is 23.8 Å². The zero-order chi connectivity index (χ0) is 16.7. The van der Waals surface area contributed by atoms with Crippen molar-refractivity contribution in [3.8, 4) is 0 Å². The van der Waals surface area contributed by atoms with Gasteiger partial charge in [0.15, 0.2) is 0 Å². The highest BCUT2D eigenvalue weighted by Crippen LogP contribution is 2.41. The first-order chi connectivity index (χ1) is 10.9. The lowest BCUT2D eigenvalue weighted by Gasteiger charge is -2.16. The number of hydrogen-bond donors (Lipinski definition) is 3. The molecule has 0 bridgehead atoms. The number of aliphatic hydroxyl groups excluding tert-OH is 3. The summed E-state index contributed by atoms with van der Waals surface area (Å²) in [5, 5.41) is 29.9. The molecule has 1 fully saturated rings. The number of rotatable bonds is 4. The number of aromatic nitrogens is 3. The topological polar surface area (TPSA) is 94.6 Å². The largest absolute Gasteiger partial charge is 0.396 e. The van der Waals surface area contributed by atoms with Crippen LogP contribution in [0.5, 0.6) is 0 Å². The zero-order valence-electron chi connectivity index (χ0n) is 13.7. The van der Waals surface area contributed by atoms with Crippen LogP contribution in [0.2, 0.25) is 0 Å². The van der Waals surface area contributed by atoms with Crippen LogP contribution in [0.1, 0.15) is 23.6 Å². The van der Waals surface area contributed by atoms with Crippen molar-refractivity contribution in [3.63, 3.8) is 0 Å². The monoisotopic (exact) mass is 320 g/mol. The van der Waals surface area contributed by atoms with Gasteiger partial charge in [-0.3, -0.25) is 4.90 Å². The van der Waals surface area contributed by atoms with E-state index in [0.29, 0.717) is 13.1 Å². The molecule has 0 radical (unpaired) electrons. The molecule has 1 saturated carbocycles. The summed E-state index contributed by atoms with van der Waals surface area (Å²) in [4.78, 5) is 10.7. The van der Waals surface area contributed by atoms with E-state index in [2.05, 4.69) is 14.5 Å². The van der Waals surface area contributed by atoms with Gasteiger partial charge in [0.25, 0.3) is 0 Å². The second kappa shape index (κ2) is 6.16. The van der Waals surface area contributed by atoms with Crippen LogP contribution in [-0.2, 0) is 6.67 Å². The molecule has 2 aromatic rings. The Labute approximate surface area is 135 Å². The van der Waals surface area contributed by atoms with E-state index in [4.69, 9.17) is 0 Å². The third-order valence-electron chi connectivity index (χ3n) is 4.73. The van der Waals surface area contributed by atoms with E-state index >= 15 is 0 Å². The second-order valence-corrected chi connectivity index (χ2v) is 6.70. The van der Waals surface area contributed by atoms with Gasteiger partial charge in [0.1, 0.15) is 6.33 Å². The lowest BCUT2D eigenvalue weighted by molar-refractivity contribution is 0.00239. The summed E-state index contributed by atoms with van der Waals surface area (Å²) >= 11 is 0. The smallest absolute Gasteiger partial charge is 0.116 e. The van der Waals surface area contributed by atoms with Crippen LogP contribution in [-0.4, -0.2) is 67.7 Å². The number of aryl methyl sites for hydroxylation is 1. The minimum absolute atomic E-state index is 0.126. The summed E-state index contributed by atoms with van der Waals surface area (Å²) in [7, 11) is 3.97. The summed E-state index contributed by atoms with van der Waals surface area (Å²) in [6.45, 7) is 2.50. The molecule has 0 saturated heterocycles. The average Bonchev–Trinajstić information content (AvgIpc) is 2.99. The van der Waals surface area contributed by atoms with Crippen molar-refractivity contribution >= 4 is 11.0 Å². The predicted octanol–water partition coefficient (Wildman–Crippen LogP) is 0.0764. The lowest BCUT2D eigenvalue weighted by Crippen LogP contribution is -2.28. The molecule has 126 valence electrons. The van der Waals surface area contributed by atoms with Gasteiger partial charge in [0, 0.05) is 30.2 Å². The molecule has 1 aliphatic rings.